The molecule has 126 valence electrons. The third-order valence-corrected chi connectivity index (χ3v) is 3.64. The van der Waals surface area contributed by atoms with Crippen LogP contribution in [0.1, 0.15) is 45.8 Å². The van der Waals surface area contributed by atoms with Crippen LogP contribution in [0.25, 0.3) is 0 Å². The number of hydrogen-bond acceptors (Lipinski definition) is 3. The van der Waals surface area contributed by atoms with Crippen LogP contribution in [0.3, 0.4) is 0 Å². The van der Waals surface area contributed by atoms with E-state index in [1.165, 1.54) is 12.3 Å². The minimum atomic E-state index is -0.343. The van der Waals surface area contributed by atoms with Crippen LogP contribution in [0, 0.1) is 13.8 Å². The zero-order valence-electron chi connectivity index (χ0n) is 14.1. The molecule has 24 heavy (non-hydrogen) atoms. The number of amides is 2. The second kappa shape index (κ2) is 7.45. The number of hydrogen-bond donors (Lipinski definition) is 2. The maximum Gasteiger partial charge on any atom is 0.270 e. The van der Waals surface area contributed by atoms with Crippen LogP contribution in [0.15, 0.2) is 30.5 Å². The van der Waals surface area contributed by atoms with Crippen LogP contribution in [0.4, 0.5) is 5.69 Å². The van der Waals surface area contributed by atoms with E-state index >= 15 is 0 Å². The molecule has 1 aromatic heterocycles. The summed E-state index contributed by atoms with van der Waals surface area (Å²) in [5.74, 6) is -0.658. The van der Waals surface area contributed by atoms with Crippen LogP contribution in [-0.2, 0) is 0 Å². The van der Waals surface area contributed by atoms with Crippen LogP contribution in [0.2, 0.25) is 5.02 Å². The van der Waals surface area contributed by atoms with Gasteiger partial charge < -0.3 is 10.6 Å². The fourth-order valence-electron chi connectivity index (χ4n) is 2.29. The molecule has 2 N–H and O–H groups in total. The van der Waals surface area contributed by atoms with Crippen molar-refractivity contribution in [3.05, 3.63) is 57.9 Å². The van der Waals surface area contributed by atoms with Crippen LogP contribution in [-0.4, -0.2) is 22.8 Å². The van der Waals surface area contributed by atoms with E-state index in [9.17, 15) is 9.59 Å². The fraction of sp³-hybridized carbons (Fsp3) is 0.278. The first-order chi connectivity index (χ1) is 11.3. The summed E-state index contributed by atoms with van der Waals surface area (Å²) < 4.78 is 0. The highest BCUT2D eigenvalue weighted by Gasteiger charge is 2.15. The Bertz CT molecular complexity index is 765. The highest BCUT2D eigenvalue weighted by atomic mass is 35.5. The molecule has 0 spiro atoms. The van der Waals surface area contributed by atoms with Crippen molar-refractivity contribution in [1.82, 2.24) is 10.3 Å². The lowest BCUT2D eigenvalue weighted by molar-refractivity contribution is 0.0938. The Hall–Kier alpha value is -2.40. The number of aryl methyl sites for hydroxylation is 2. The normalized spacial score (nSPS) is 10.6. The maximum absolute atomic E-state index is 12.5. The van der Waals surface area contributed by atoms with Gasteiger partial charge in [0.1, 0.15) is 5.69 Å². The molecule has 0 atom stereocenters. The fourth-order valence-corrected chi connectivity index (χ4v) is 2.66. The van der Waals surface area contributed by atoms with Gasteiger partial charge in [0.15, 0.2) is 0 Å². The van der Waals surface area contributed by atoms with Gasteiger partial charge in [-0.05, 0) is 57.0 Å². The van der Waals surface area contributed by atoms with Crippen molar-refractivity contribution in [2.45, 2.75) is 33.7 Å². The Kier molecular flexibility index (Phi) is 5.57. The SMILES string of the molecule is Cc1cc(C)c(NC(=O)c2ccnc(C(=O)NC(C)C)c2)c(Cl)c1. The van der Waals surface area contributed by atoms with E-state index in [4.69, 9.17) is 11.6 Å². The van der Waals surface area contributed by atoms with Gasteiger partial charge in [-0.1, -0.05) is 17.7 Å². The molecule has 5 nitrogen and oxygen atoms in total. The number of pyridine rings is 1. The molecule has 0 saturated carbocycles. The Labute approximate surface area is 146 Å². The van der Waals surface area contributed by atoms with Gasteiger partial charge >= 0.3 is 0 Å². The topological polar surface area (TPSA) is 71.1 Å². The van der Waals surface area contributed by atoms with E-state index in [1.807, 2.05) is 33.8 Å². The summed E-state index contributed by atoms with van der Waals surface area (Å²) in [4.78, 5) is 28.5. The van der Waals surface area contributed by atoms with Gasteiger partial charge in [0, 0.05) is 17.8 Å². The van der Waals surface area contributed by atoms with E-state index in [0.717, 1.165) is 11.1 Å². The molecule has 2 rings (SSSR count). The number of aromatic nitrogens is 1. The monoisotopic (exact) mass is 345 g/mol. The van der Waals surface area contributed by atoms with Crippen LogP contribution >= 0.6 is 11.6 Å². The van der Waals surface area contributed by atoms with Gasteiger partial charge in [-0.2, -0.15) is 0 Å². The molecular formula is C18H20ClN3O2. The maximum atomic E-state index is 12.5. The molecule has 0 unspecified atom stereocenters. The predicted molar refractivity (Wildman–Crippen MR) is 95.7 cm³/mol. The summed E-state index contributed by atoms with van der Waals surface area (Å²) >= 11 is 6.21. The Morgan fingerprint density at radius 3 is 2.46 bits per heavy atom. The molecule has 0 aliphatic rings. The van der Waals surface area contributed by atoms with Gasteiger partial charge in [0.2, 0.25) is 0 Å². The number of rotatable bonds is 4. The number of carbonyl (C=O) groups is 2. The molecule has 6 heteroatoms. The van der Waals surface area contributed by atoms with E-state index in [1.54, 1.807) is 12.1 Å². The molecule has 2 amide bonds. The zero-order chi connectivity index (χ0) is 17.9. The molecule has 0 bridgehead atoms. The predicted octanol–water partition coefficient (Wildman–Crippen LogP) is 3.74. The minimum absolute atomic E-state index is 0.00852. The van der Waals surface area contributed by atoms with Crippen molar-refractivity contribution in [1.29, 1.82) is 0 Å². The quantitative estimate of drug-likeness (QED) is 0.886. The van der Waals surface area contributed by atoms with Crippen molar-refractivity contribution >= 4 is 29.1 Å². The average Bonchev–Trinajstić information content (AvgIpc) is 2.50. The third kappa shape index (κ3) is 4.32. The zero-order valence-corrected chi connectivity index (χ0v) is 14.9. The van der Waals surface area contributed by atoms with E-state index in [2.05, 4.69) is 15.6 Å². The molecule has 0 saturated heterocycles. The lowest BCUT2D eigenvalue weighted by Crippen LogP contribution is -2.31. The van der Waals surface area contributed by atoms with Crippen LogP contribution in [0.5, 0.6) is 0 Å². The highest BCUT2D eigenvalue weighted by Crippen LogP contribution is 2.27. The first kappa shape index (κ1) is 17.9. The van der Waals surface area contributed by atoms with Gasteiger partial charge in [-0.25, -0.2) is 0 Å². The lowest BCUT2D eigenvalue weighted by Gasteiger charge is -2.12. The first-order valence-corrected chi connectivity index (χ1v) is 8.00. The van der Waals surface area contributed by atoms with Crippen molar-refractivity contribution in [2.75, 3.05) is 5.32 Å². The molecule has 0 aliphatic carbocycles. The van der Waals surface area contributed by atoms with Crippen molar-refractivity contribution in [3.63, 3.8) is 0 Å². The Balaban J connectivity index is 2.24. The van der Waals surface area contributed by atoms with E-state index in [0.29, 0.717) is 16.3 Å². The van der Waals surface area contributed by atoms with Crippen molar-refractivity contribution in [2.24, 2.45) is 0 Å². The summed E-state index contributed by atoms with van der Waals surface area (Å²) in [6, 6.07) is 6.74. The smallest absolute Gasteiger partial charge is 0.270 e. The molecule has 0 fully saturated rings. The van der Waals surface area contributed by atoms with Crippen molar-refractivity contribution in [3.8, 4) is 0 Å². The van der Waals surface area contributed by atoms with E-state index in [-0.39, 0.29) is 23.6 Å². The summed E-state index contributed by atoms with van der Waals surface area (Å²) in [6.45, 7) is 7.53. The van der Waals surface area contributed by atoms with E-state index < -0.39 is 0 Å². The van der Waals surface area contributed by atoms with Gasteiger partial charge in [-0.15, -0.1) is 0 Å². The highest BCUT2D eigenvalue weighted by molar-refractivity contribution is 6.34. The van der Waals surface area contributed by atoms with Crippen molar-refractivity contribution < 1.29 is 9.59 Å². The summed E-state index contributed by atoms with van der Waals surface area (Å²) in [5, 5.41) is 6.02. The standard InChI is InChI=1S/C18H20ClN3O2/c1-10(2)21-18(24)15-9-13(5-6-20-15)17(23)22-16-12(4)7-11(3)8-14(16)19/h5-10H,1-4H3,(H,21,24)(H,22,23). The van der Waals surface area contributed by atoms with Gasteiger partial charge in [0.25, 0.3) is 11.8 Å². The molecule has 1 heterocycles. The molecular weight excluding hydrogens is 326 g/mol. The molecule has 0 radical (unpaired) electrons. The Morgan fingerprint density at radius 1 is 1.12 bits per heavy atom. The second-order valence-corrected chi connectivity index (χ2v) is 6.36. The first-order valence-electron chi connectivity index (χ1n) is 7.63. The number of carbonyl (C=O) groups excluding carboxylic acids is 2. The largest absolute Gasteiger partial charge is 0.349 e. The summed E-state index contributed by atoms with van der Waals surface area (Å²) in [5.41, 5.74) is 3.00. The molecule has 2 aromatic rings. The summed E-state index contributed by atoms with van der Waals surface area (Å²) in [6.07, 6.45) is 1.44. The van der Waals surface area contributed by atoms with Crippen LogP contribution < -0.4 is 10.6 Å². The minimum Gasteiger partial charge on any atom is -0.349 e. The number of benzene rings is 1. The van der Waals surface area contributed by atoms with Gasteiger partial charge in [-0.3, -0.25) is 14.6 Å². The molecule has 1 aromatic carbocycles. The Morgan fingerprint density at radius 2 is 1.83 bits per heavy atom. The average molecular weight is 346 g/mol. The number of nitrogens with zero attached hydrogens (tertiary/aromatic N) is 1. The number of halogens is 1. The van der Waals surface area contributed by atoms with Gasteiger partial charge in [0.05, 0.1) is 10.7 Å². The summed E-state index contributed by atoms with van der Waals surface area (Å²) in [7, 11) is 0. The third-order valence-electron chi connectivity index (χ3n) is 3.34. The number of nitrogens with one attached hydrogen (secondary N) is 2. The lowest BCUT2D eigenvalue weighted by atomic mass is 10.1. The second-order valence-electron chi connectivity index (χ2n) is 5.95. The molecule has 0 aliphatic heterocycles. The number of anilines is 1.